The molecule has 0 aromatic carbocycles. The number of hydrogen-bond acceptors (Lipinski definition) is 6. The van der Waals surface area contributed by atoms with E-state index in [0.29, 0.717) is 31.2 Å². The zero-order valence-electron chi connectivity index (χ0n) is 25.5. The Labute approximate surface area is 223 Å². The van der Waals surface area contributed by atoms with E-state index in [1.165, 1.54) is 0 Å². The molecule has 0 bridgehead atoms. The van der Waals surface area contributed by atoms with Gasteiger partial charge in [-0.2, -0.15) is 0 Å². The lowest BCUT2D eigenvalue weighted by atomic mass is 9.80. The van der Waals surface area contributed by atoms with Crippen molar-refractivity contribution in [2.24, 2.45) is 11.8 Å². The Balaban J connectivity index is 2.40. The van der Waals surface area contributed by atoms with E-state index in [0.717, 1.165) is 71.4 Å². The van der Waals surface area contributed by atoms with E-state index in [2.05, 4.69) is 62.3 Å². The van der Waals surface area contributed by atoms with Gasteiger partial charge in [-0.1, -0.05) is 13.8 Å². The molecule has 1 aliphatic rings. The number of hydrogen-bond donors (Lipinski definition) is 0. The van der Waals surface area contributed by atoms with E-state index < -0.39 is 0 Å². The Morgan fingerprint density at radius 3 is 2.00 bits per heavy atom. The first-order valence-electron chi connectivity index (χ1n) is 14.4. The van der Waals surface area contributed by atoms with Crippen molar-refractivity contribution in [1.82, 2.24) is 0 Å². The SMILES string of the molecule is COCCCOC(C)(C)CCOC(C)(C)C(CC(C)C)CC(C)OCCCC(C)(C)OCCC1CO1. The van der Waals surface area contributed by atoms with Crippen LogP contribution in [0.5, 0.6) is 0 Å². The molecule has 0 saturated carbocycles. The highest BCUT2D eigenvalue weighted by Gasteiger charge is 2.33. The van der Waals surface area contributed by atoms with Crippen LogP contribution in [-0.4, -0.2) is 75.8 Å². The second-order valence-electron chi connectivity index (χ2n) is 12.9. The van der Waals surface area contributed by atoms with Crippen LogP contribution in [0, 0.1) is 11.8 Å². The summed E-state index contributed by atoms with van der Waals surface area (Å²) in [4.78, 5) is 0. The number of ether oxygens (including phenoxy) is 6. The van der Waals surface area contributed by atoms with Crippen LogP contribution in [0.4, 0.5) is 0 Å². The standard InChI is InChI=1S/C30H60O6/c1-24(2)21-26(30(8,9)36-20-15-29(6,7)34-18-12-16-31-10)22-25(3)32-17-11-14-28(4,5)35-19-13-27-23-33-27/h24-27H,11-23H2,1-10H3. The molecule has 1 heterocycles. The van der Waals surface area contributed by atoms with Crippen molar-refractivity contribution in [3.05, 3.63) is 0 Å². The minimum absolute atomic E-state index is 0.112. The third-order valence-corrected chi connectivity index (χ3v) is 7.18. The highest BCUT2D eigenvalue weighted by molar-refractivity contribution is 4.83. The highest BCUT2D eigenvalue weighted by Crippen LogP contribution is 2.33. The fraction of sp³-hybridized carbons (Fsp3) is 1.00. The maximum absolute atomic E-state index is 6.50. The average Bonchev–Trinajstić information content (AvgIpc) is 3.57. The molecule has 0 aliphatic carbocycles. The zero-order valence-corrected chi connectivity index (χ0v) is 25.5. The van der Waals surface area contributed by atoms with Crippen LogP contribution < -0.4 is 0 Å². The Morgan fingerprint density at radius 1 is 0.750 bits per heavy atom. The fourth-order valence-electron chi connectivity index (χ4n) is 4.56. The molecule has 1 rings (SSSR count). The van der Waals surface area contributed by atoms with Gasteiger partial charge in [0.2, 0.25) is 0 Å². The van der Waals surface area contributed by atoms with Gasteiger partial charge >= 0.3 is 0 Å². The topological polar surface area (TPSA) is 58.7 Å². The molecule has 0 spiro atoms. The first-order valence-corrected chi connectivity index (χ1v) is 14.4. The normalized spacial score (nSPS) is 18.6. The lowest BCUT2D eigenvalue weighted by Gasteiger charge is -2.38. The van der Waals surface area contributed by atoms with Crippen LogP contribution in [0.2, 0.25) is 0 Å². The van der Waals surface area contributed by atoms with Crippen molar-refractivity contribution >= 4 is 0 Å². The van der Waals surface area contributed by atoms with Crippen molar-refractivity contribution < 1.29 is 28.4 Å². The Bertz CT molecular complexity index is 556. The summed E-state index contributed by atoms with van der Waals surface area (Å²) in [5, 5.41) is 0. The molecule has 1 aliphatic heterocycles. The molecule has 3 unspecified atom stereocenters. The maximum atomic E-state index is 6.50. The second kappa shape index (κ2) is 16.7. The molecule has 0 N–H and O–H groups in total. The molecule has 6 heteroatoms. The number of rotatable bonds is 23. The van der Waals surface area contributed by atoms with Crippen LogP contribution in [0.25, 0.3) is 0 Å². The smallest absolute Gasteiger partial charge is 0.0831 e. The molecule has 0 amide bonds. The number of methoxy groups -OCH3 is 1. The van der Waals surface area contributed by atoms with E-state index >= 15 is 0 Å². The molecule has 0 radical (unpaired) electrons. The Morgan fingerprint density at radius 2 is 1.39 bits per heavy atom. The lowest BCUT2D eigenvalue weighted by molar-refractivity contribution is -0.106. The predicted octanol–water partition coefficient (Wildman–Crippen LogP) is 6.83. The van der Waals surface area contributed by atoms with Gasteiger partial charge < -0.3 is 28.4 Å². The first kappa shape index (κ1) is 33.8. The van der Waals surface area contributed by atoms with E-state index in [9.17, 15) is 0 Å². The summed E-state index contributed by atoms with van der Waals surface area (Å²) in [5.41, 5.74) is -0.523. The summed E-state index contributed by atoms with van der Waals surface area (Å²) in [6.07, 6.45) is 7.56. The van der Waals surface area contributed by atoms with Crippen molar-refractivity contribution in [1.29, 1.82) is 0 Å². The molecule has 1 saturated heterocycles. The fourth-order valence-corrected chi connectivity index (χ4v) is 4.56. The third-order valence-electron chi connectivity index (χ3n) is 7.18. The van der Waals surface area contributed by atoms with Gasteiger partial charge in [-0.25, -0.2) is 0 Å². The number of epoxide rings is 1. The second-order valence-corrected chi connectivity index (χ2v) is 12.9. The van der Waals surface area contributed by atoms with Crippen LogP contribution >= 0.6 is 0 Å². The van der Waals surface area contributed by atoms with Gasteiger partial charge in [0.1, 0.15) is 0 Å². The van der Waals surface area contributed by atoms with E-state index in [1.54, 1.807) is 7.11 Å². The van der Waals surface area contributed by atoms with Crippen molar-refractivity contribution in [2.75, 3.05) is 46.8 Å². The van der Waals surface area contributed by atoms with Crippen LogP contribution in [0.3, 0.4) is 0 Å². The minimum atomic E-state index is -0.213. The van der Waals surface area contributed by atoms with Crippen molar-refractivity contribution in [3.63, 3.8) is 0 Å². The molecule has 36 heavy (non-hydrogen) atoms. The van der Waals surface area contributed by atoms with Crippen molar-refractivity contribution in [2.45, 2.75) is 136 Å². The van der Waals surface area contributed by atoms with E-state index in [-0.39, 0.29) is 22.9 Å². The van der Waals surface area contributed by atoms with Gasteiger partial charge in [0.25, 0.3) is 0 Å². The molecule has 0 aromatic heterocycles. The summed E-state index contributed by atoms with van der Waals surface area (Å²) in [7, 11) is 1.73. The predicted molar refractivity (Wildman–Crippen MR) is 148 cm³/mol. The van der Waals surface area contributed by atoms with Gasteiger partial charge in [0.05, 0.1) is 42.2 Å². The van der Waals surface area contributed by atoms with Gasteiger partial charge in [0.15, 0.2) is 0 Å². The molecule has 1 fully saturated rings. The molecular weight excluding hydrogens is 456 g/mol. The van der Waals surface area contributed by atoms with Gasteiger partial charge in [-0.05, 0) is 105 Å². The van der Waals surface area contributed by atoms with Gasteiger partial charge in [-0.3, -0.25) is 0 Å². The summed E-state index contributed by atoms with van der Waals surface area (Å²) in [6, 6.07) is 0. The van der Waals surface area contributed by atoms with Crippen molar-refractivity contribution in [3.8, 4) is 0 Å². The Kier molecular flexibility index (Phi) is 15.6. The summed E-state index contributed by atoms with van der Waals surface area (Å²) in [6.45, 7) is 24.5. The lowest BCUT2D eigenvalue weighted by Crippen LogP contribution is -2.39. The largest absolute Gasteiger partial charge is 0.385 e. The monoisotopic (exact) mass is 516 g/mol. The van der Waals surface area contributed by atoms with Gasteiger partial charge in [0, 0.05) is 33.5 Å². The zero-order chi connectivity index (χ0) is 27.2. The summed E-state index contributed by atoms with van der Waals surface area (Å²) in [5.74, 6) is 1.05. The summed E-state index contributed by atoms with van der Waals surface area (Å²) < 4.78 is 35.3. The van der Waals surface area contributed by atoms with E-state index in [4.69, 9.17) is 28.4 Å². The molecule has 216 valence electrons. The van der Waals surface area contributed by atoms with Crippen LogP contribution in [0.15, 0.2) is 0 Å². The Hall–Kier alpha value is -0.240. The van der Waals surface area contributed by atoms with Crippen LogP contribution in [-0.2, 0) is 28.4 Å². The quantitative estimate of drug-likeness (QED) is 0.110. The van der Waals surface area contributed by atoms with Crippen LogP contribution in [0.1, 0.15) is 107 Å². The maximum Gasteiger partial charge on any atom is 0.0831 e. The minimum Gasteiger partial charge on any atom is -0.385 e. The highest BCUT2D eigenvalue weighted by atomic mass is 16.6. The average molecular weight is 517 g/mol. The third kappa shape index (κ3) is 16.6. The molecule has 6 nitrogen and oxygen atoms in total. The van der Waals surface area contributed by atoms with E-state index in [1.807, 2.05) is 0 Å². The molecule has 3 atom stereocenters. The molecule has 0 aromatic rings. The van der Waals surface area contributed by atoms with Gasteiger partial charge in [-0.15, -0.1) is 0 Å². The molecular formula is C30H60O6. The first-order chi connectivity index (χ1) is 16.8. The summed E-state index contributed by atoms with van der Waals surface area (Å²) >= 11 is 0.